The van der Waals surface area contributed by atoms with Crippen molar-refractivity contribution < 1.29 is 5.11 Å². The average molecular weight is 112 g/mol. The molecule has 0 spiro atoms. The highest BCUT2D eigenvalue weighted by molar-refractivity contribution is 5.03. The summed E-state index contributed by atoms with van der Waals surface area (Å²) < 4.78 is 0. The number of rotatable bonds is 0. The second kappa shape index (κ2) is 1.27. The molecule has 0 radical (unpaired) electrons. The first-order valence-corrected chi connectivity index (χ1v) is 3.49. The van der Waals surface area contributed by atoms with Crippen LogP contribution < -0.4 is 0 Å². The highest BCUT2D eigenvalue weighted by atomic mass is 16.3. The Morgan fingerprint density at radius 2 is 2.12 bits per heavy atom. The van der Waals surface area contributed by atoms with Gasteiger partial charge in [0.1, 0.15) is 0 Å². The topological polar surface area (TPSA) is 20.2 Å². The Morgan fingerprint density at radius 1 is 1.38 bits per heavy atom. The molecule has 2 aliphatic rings. The predicted octanol–water partition coefficient (Wildman–Crippen LogP) is 1.02. The fourth-order valence-corrected chi connectivity index (χ4v) is 2.23. The van der Waals surface area contributed by atoms with Crippen molar-refractivity contribution in [1.82, 2.24) is 0 Å². The second-order valence-corrected chi connectivity index (χ2v) is 3.25. The van der Waals surface area contributed by atoms with Gasteiger partial charge in [-0.2, -0.15) is 0 Å². The van der Waals surface area contributed by atoms with Gasteiger partial charge in [0, 0.05) is 0 Å². The Hall–Kier alpha value is -0.0400. The van der Waals surface area contributed by atoms with Crippen molar-refractivity contribution in [3.8, 4) is 0 Å². The lowest BCUT2D eigenvalue weighted by atomic mass is 10.1. The van der Waals surface area contributed by atoms with Crippen LogP contribution in [-0.4, -0.2) is 11.2 Å². The summed E-state index contributed by atoms with van der Waals surface area (Å²) in [7, 11) is 0. The summed E-state index contributed by atoms with van der Waals surface area (Å²) in [6.07, 6.45) is 2.42. The van der Waals surface area contributed by atoms with E-state index < -0.39 is 0 Å². The fraction of sp³-hybridized carbons (Fsp3) is 1.00. The number of hydrogen-bond donors (Lipinski definition) is 1. The van der Waals surface area contributed by atoms with Gasteiger partial charge in [0.05, 0.1) is 6.10 Å². The van der Waals surface area contributed by atoms with Crippen LogP contribution in [0.2, 0.25) is 0 Å². The van der Waals surface area contributed by atoms with Crippen LogP contribution in [0.1, 0.15) is 19.8 Å². The molecule has 0 heterocycles. The van der Waals surface area contributed by atoms with E-state index in [1.807, 2.05) is 0 Å². The first kappa shape index (κ1) is 4.80. The van der Waals surface area contributed by atoms with Gasteiger partial charge in [-0.1, -0.05) is 6.92 Å². The van der Waals surface area contributed by atoms with E-state index in [2.05, 4.69) is 6.92 Å². The smallest absolute Gasteiger partial charge is 0.0573 e. The fourth-order valence-electron chi connectivity index (χ4n) is 2.23. The van der Waals surface area contributed by atoms with E-state index in [9.17, 15) is 5.11 Å². The van der Waals surface area contributed by atoms with Crippen LogP contribution in [0.3, 0.4) is 0 Å². The van der Waals surface area contributed by atoms with Gasteiger partial charge in [-0.3, -0.25) is 0 Å². The van der Waals surface area contributed by atoms with Crippen molar-refractivity contribution in [3.05, 3.63) is 0 Å². The minimum atomic E-state index is 0.0648. The Balaban J connectivity index is 2.07. The summed E-state index contributed by atoms with van der Waals surface area (Å²) >= 11 is 0. The molecule has 0 aromatic rings. The number of hydrogen-bond acceptors (Lipinski definition) is 1. The van der Waals surface area contributed by atoms with Gasteiger partial charge in [-0.05, 0) is 30.6 Å². The van der Waals surface area contributed by atoms with E-state index >= 15 is 0 Å². The summed E-state index contributed by atoms with van der Waals surface area (Å²) in [5.41, 5.74) is 0. The minimum absolute atomic E-state index is 0.0648. The molecule has 0 unspecified atom stereocenters. The number of aliphatic hydroxyl groups excluding tert-OH is 1. The minimum Gasteiger partial charge on any atom is -0.393 e. The maximum Gasteiger partial charge on any atom is 0.0573 e. The van der Waals surface area contributed by atoms with E-state index in [1.165, 1.54) is 6.42 Å². The Labute approximate surface area is 49.7 Å². The molecular weight excluding hydrogens is 100 g/mol. The molecule has 1 heteroatoms. The SMILES string of the molecule is C[C@H]1[C@@H]2CC[C@@H](O)[C@H]12. The van der Waals surface area contributed by atoms with Crippen LogP contribution in [0.4, 0.5) is 0 Å². The van der Waals surface area contributed by atoms with Crippen molar-refractivity contribution in [1.29, 1.82) is 0 Å². The van der Waals surface area contributed by atoms with Gasteiger partial charge in [-0.15, -0.1) is 0 Å². The number of aliphatic hydroxyl groups is 1. The normalized spacial score (nSPS) is 60.8. The molecule has 2 aliphatic carbocycles. The highest BCUT2D eigenvalue weighted by Crippen LogP contribution is 2.56. The van der Waals surface area contributed by atoms with Crippen molar-refractivity contribution in [2.75, 3.05) is 0 Å². The molecule has 8 heavy (non-hydrogen) atoms. The van der Waals surface area contributed by atoms with E-state index in [1.54, 1.807) is 0 Å². The molecule has 2 saturated carbocycles. The van der Waals surface area contributed by atoms with Crippen molar-refractivity contribution in [2.24, 2.45) is 17.8 Å². The van der Waals surface area contributed by atoms with Gasteiger partial charge >= 0.3 is 0 Å². The van der Waals surface area contributed by atoms with E-state index in [0.717, 1.165) is 18.3 Å². The average Bonchev–Trinajstić information content (AvgIpc) is 2.13. The Morgan fingerprint density at radius 3 is 2.38 bits per heavy atom. The summed E-state index contributed by atoms with van der Waals surface area (Å²) in [5, 5.41) is 9.21. The standard InChI is InChI=1S/C7H12O/c1-4-5-2-3-6(8)7(4)5/h4-8H,2-3H2,1H3/t4-,5-,6+,7+/m0/s1. The third-order valence-electron chi connectivity index (χ3n) is 2.88. The van der Waals surface area contributed by atoms with Gasteiger partial charge in [0.25, 0.3) is 0 Å². The monoisotopic (exact) mass is 112 g/mol. The molecular formula is C7H12O. The zero-order chi connectivity index (χ0) is 5.72. The molecule has 0 bridgehead atoms. The lowest BCUT2D eigenvalue weighted by Crippen LogP contribution is -2.05. The lowest BCUT2D eigenvalue weighted by Gasteiger charge is -2.01. The van der Waals surface area contributed by atoms with Crippen molar-refractivity contribution in [3.63, 3.8) is 0 Å². The molecule has 46 valence electrons. The van der Waals surface area contributed by atoms with Gasteiger partial charge < -0.3 is 5.11 Å². The van der Waals surface area contributed by atoms with Crippen LogP contribution in [0.5, 0.6) is 0 Å². The summed E-state index contributed by atoms with van der Waals surface area (Å²) in [5.74, 6) is 2.46. The quantitative estimate of drug-likeness (QED) is 0.496. The zero-order valence-electron chi connectivity index (χ0n) is 5.17. The number of fused-ring (bicyclic) bond motifs is 1. The van der Waals surface area contributed by atoms with Crippen LogP contribution in [0.15, 0.2) is 0 Å². The Bertz CT molecular complexity index is 109. The van der Waals surface area contributed by atoms with Crippen molar-refractivity contribution >= 4 is 0 Å². The summed E-state index contributed by atoms with van der Waals surface area (Å²) in [6.45, 7) is 2.25. The molecule has 4 atom stereocenters. The maximum atomic E-state index is 9.21. The van der Waals surface area contributed by atoms with E-state index in [0.29, 0.717) is 5.92 Å². The zero-order valence-corrected chi connectivity index (χ0v) is 5.17. The first-order chi connectivity index (χ1) is 3.80. The largest absolute Gasteiger partial charge is 0.393 e. The summed E-state index contributed by atoms with van der Waals surface area (Å²) in [6, 6.07) is 0. The van der Waals surface area contributed by atoms with Gasteiger partial charge in [0.15, 0.2) is 0 Å². The second-order valence-electron chi connectivity index (χ2n) is 3.25. The van der Waals surface area contributed by atoms with Crippen LogP contribution in [-0.2, 0) is 0 Å². The summed E-state index contributed by atoms with van der Waals surface area (Å²) in [4.78, 5) is 0. The third kappa shape index (κ3) is 0.408. The van der Waals surface area contributed by atoms with Gasteiger partial charge in [-0.25, -0.2) is 0 Å². The van der Waals surface area contributed by atoms with E-state index in [-0.39, 0.29) is 6.10 Å². The predicted molar refractivity (Wildman–Crippen MR) is 31.4 cm³/mol. The highest BCUT2D eigenvalue weighted by Gasteiger charge is 2.54. The molecule has 2 rings (SSSR count). The molecule has 0 amide bonds. The van der Waals surface area contributed by atoms with Gasteiger partial charge in [0.2, 0.25) is 0 Å². The Kier molecular flexibility index (Phi) is 0.762. The molecule has 0 aromatic carbocycles. The van der Waals surface area contributed by atoms with Crippen LogP contribution in [0.25, 0.3) is 0 Å². The maximum absolute atomic E-state index is 9.21. The first-order valence-electron chi connectivity index (χ1n) is 3.49. The molecule has 1 nitrogen and oxygen atoms in total. The lowest BCUT2D eigenvalue weighted by molar-refractivity contribution is 0.152. The van der Waals surface area contributed by atoms with Crippen LogP contribution in [0, 0.1) is 17.8 Å². The van der Waals surface area contributed by atoms with Crippen molar-refractivity contribution in [2.45, 2.75) is 25.9 Å². The molecule has 2 fully saturated rings. The molecule has 0 saturated heterocycles. The van der Waals surface area contributed by atoms with Crippen LogP contribution >= 0.6 is 0 Å². The third-order valence-corrected chi connectivity index (χ3v) is 2.88. The molecule has 0 aromatic heterocycles. The molecule has 0 aliphatic heterocycles. The van der Waals surface area contributed by atoms with E-state index in [4.69, 9.17) is 0 Å². The molecule has 1 N–H and O–H groups in total.